The molecule has 0 aromatic rings. The monoisotopic (exact) mass is 298 g/mol. The van der Waals surface area contributed by atoms with E-state index >= 15 is 0 Å². The highest BCUT2D eigenvalue weighted by Crippen LogP contribution is 2.15. The van der Waals surface area contributed by atoms with Crippen LogP contribution in [-0.4, -0.2) is 62.5 Å². The minimum absolute atomic E-state index is 0.00821. The standard InChI is InChI=1S/C11H17F3N2O4/c1-19-6-9(17)16-4-2-8(3-5-16)15-10(18)20-7-11(12,13)14/h8H,2-7H2,1H3,(H,15,18). The summed E-state index contributed by atoms with van der Waals surface area (Å²) in [6.07, 6.45) is -4.69. The van der Waals surface area contributed by atoms with Crippen molar-refractivity contribution in [2.24, 2.45) is 0 Å². The van der Waals surface area contributed by atoms with Crippen LogP contribution in [0.4, 0.5) is 18.0 Å². The lowest BCUT2D eigenvalue weighted by molar-refractivity contribution is -0.160. The third-order valence-corrected chi connectivity index (χ3v) is 2.80. The molecule has 116 valence electrons. The van der Waals surface area contributed by atoms with Gasteiger partial charge in [0.25, 0.3) is 0 Å². The lowest BCUT2D eigenvalue weighted by atomic mass is 10.1. The smallest absolute Gasteiger partial charge is 0.422 e. The Labute approximate surface area is 114 Å². The Morgan fingerprint density at radius 3 is 2.40 bits per heavy atom. The number of nitrogens with one attached hydrogen (secondary N) is 1. The number of amides is 2. The summed E-state index contributed by atoms with van der Waals surface area (Å²) < 4.78 is 44.3. The minimum Gasteiger partial charge on any atom is -0.440 e. The number of hydrogen-bond donors (Lipinski definition) is 1. The maximum absolute atomic E-state index is 11.8. The largest absolute Gasteiger partial charge is 0.440 e. The molecule has 1 N–H and O–H groups in total. The first kappa shape index (κ1) is 16.5. The molecule has 0 radical (unpaired) electrons. The van der Waals surface area contributed by atoms with Gasteiger partial charge in [0.15, 0.2) is 6.61 Å². The molecule has 1 aliphatic rings. The zero-order valence-electron chi connectivity index (χ0n) is 11.0. The molecule has 0 aliphatic carbocycles. The predicted octanol–water partition coefficient (Wildman–Crippen LogP) is 0.912. The molecule has 0 unspecified atom stereocenters. The molecule has 0 bridgehead atoms. The number of nitrogens with zero attached hydrogens (tertiary/aromatic N) is 1. The SMILES string of the molecule is COCC(=O)N1CCC(NC(=O)OCC(F)(F)F)CC1. The zero-order chi connectivity index (χ0) is 15.2. The summed E-state index contributed by atoms with van der Waals surface area (Å²) in [5.74, 6) is -0.148. The van der Waals surface area contributed by atoms with Gasteiger partial charge in [-0.25, -0.2) is 4.79 Å². The summed E-state index contributed by atoms with van der Waals surface area (Å²) in [4.78, 5) is 24.2. The third kappa shape index (κ3) is 6.09. The van der Waals surface area contributed by atoms with Gasteiger partial charge < -0.3 is 19.7 Å². The van der Waals surface area contributed by atoms with Crippen molar-refractivity contribution in [2.45, 2.75) is 25.1 Å². The van der Waals surface area contributed by atoms with Gasteiger partial charge in [0.05, 0.1) is 0 Å². The summed E-state index contributed by atoms with van der Waals surface area (Å²) >= 11 is 0. The van der Waals surface area contributed by atoms with E-state index in [0.717, 1.165) is 0 Å². The van der Waals surface area contributed by atoms with Gasteiger partial charge in [-0.15, -0.1) is 0 Å². The van der Waals surface area contributed by atoms with Gasteiger partial charge >= 0.3 is 12.3 Å². The Kier molecular flexibility index (Phi) is 6.05. The van der Waals surface area contributed by atoms with Crippen molar-refractivity contribution >= 4 is 12.0 Å². The Morgan fingerprint density at radius 2 is 1.90 bits per heavy atom. The van der Waals surface area contributed by atoms with Crippen molar-refractivity contribution in [1.29, 1.82) is 0 Å². The molecule has 1 fully saturated rings. The second kappa shape index (κ2) is 7.32. The number of alkyl carbamates (subject to hydrolysis) is 1. The molecule has 0 atom stereocenters. The predicted molar refractivity (Wildman–Crippen MR) is 62.0 cm³/mol. The fourth-order valence-corrected chi connectivity index (χ4v) is 1.84. The number of likely N-dealkylation sites (tertiary alicyclic amines) is 1. The number of piperidine rings is 1. The first-order valence-corrected chi connectivity index (χ1v) is 6.08. The zero-order valence-corrected chi connectivity index (χ0v) is 11.0. The highest BCUT2D eigenvalue weighted by atomic mass is 19.4. The topological polar surface area (TPSA) is 67.9 Å². The number of alkyl halides is 3. The van der Waals surface area contributed by atoms with Crippen molar-refractivity contribution in [2.75, 3.05) is 33.4 Å². The van der Waals surface area contributed by atoms with Crippen LogP contribution in [0.5, 0.6) is 0 Å². The van der Waals surface area contributed by atoms with Gasteiger partial charge in [-0.1, -0.05) is 0 Å². The lowest BCUT2D eigenvalue weighted by Gasteiger charge is -2.32. The van der Waals surface area contributed by atoms with Crippen molar-refractivity contribution < 1.29 is 32.2 Å². The van der Waals surface area contributed by atoms with Gasteiger partial charge in [-0.2, -0.15) is 13.2 Å². The molecule has 1 rings (SSSR count). The number of rotatable bonds is 4. The maximum atomic E-state index is 11.8. The minimum atomic E-state index is -4.53. The van der Waals surface area contributed by atoms with E-state index in [9.17, 15) is 22.8 Å². The van der Waals surface area contributed by atoms with Crippen molar-refractivity contribution in [3.63, 3.8) is 0 Å². The van der Waals surface area contributed by atoms with Crippen LogP contribution in [0.15, 0.2) is 0 Å². The number of methoxy groups -OCH3 is 1. The van der Waals surface area contributed by atoms with Gasteiger partial charge in [0, 0.05) is 26.2 Å². The van der Waals surface area contributed by atoms with Crippen LogP contribution in [0.3, 0.4) is 0 Å². The number of halogens is 3. The van der Waals surface area contributed by atoms with E-state index < -0.39 is 18.9 Å². The van der Waals surface area contributed by atoms with Crippen LogP contribution in [0, 0.1) is 0 Å². The average Bonchev–Trinajstić information content (AvgIpc) is 2.37. The first-order chi connectivity index (χ1) is 9.31. The molecule has 0 saturated carbocycles. The number of carbonyl (C=O) groups excluding carboxylic acids is 2. The normalized spacial score (nSPS) is 16.9. The molecule has 1 heterocycles. The average molecular weight is 298 g/mol. The molecule has 6 nitrogen and oxygen atoms in total. The van der Waals surface area contributed by atoms with Crippen LogP contribution in [0.2, 0.25) is 0 Å². The molecule has 0 aromatic carbocycles. The van der Waals surface area contributed by atoms with Gasteiger partial charge in [-0.3, -0.25) is 4.79 Å². The second-order valence-electron chi connectivity index (χ2n) is 4.42. The lowest BCUT2D eigenvalue weighted by Crippen LogP contribution is -2.47. The Morgan fingerprint density at radius 1 is 1.30 bits per heavy atom. The van der Waals surface area contributed by atoms with E-state index in [2.05, 4.69) is 10.1 Å². The van der Waals surface area contributed by atoms with Crippen LogP contribution >= 0.6 is 0 Å². The number of hydrogen-bond acceptors (Lipinski definition) is 4. The molecule has 1 saturated heterocycles. The van der Waals surface area contributed by atoms with Crippen molar-refractivity contribution in [3.8, 4) is 0 Å². The summed E-state index contributed by atoms with van der Waals surface area (Å²) in [5.41, 5.74) is 0. The van der Waals surface area contributed by atoms with E-state index in [1.807, 2.05) is 0 Å². The molecular formula is C11H17F3N2O4. The summed E-state index contributed by atoms with van der Waals surface area (Å²) in [6.45, 7) is -0.769. The van der Waals surface area contributed by atoms with Crippen LogP contribution in [0.1, 0.15) is 12.8 Å². The molecule has 0 aromatic heterocycles. The van der Waals surface area contributed by atoms with E-state index in [1.165, 1.54) is 7.11 Å². The van der Waals surface area contributed by atoms with Crippen LogP contribution in [0.25, 0.3) is 0 Å². The number of ether oxygens (including phenoxy) is 2. The summed E-state index contributed by atoms with van der Waals surface area (Å²) in [7, 11) is 1.42. The third-order valence-electron chi connectivity index (χ3n) is 2.80. The van der Waals surface area contributed by atoms with Crippen LogP contribution < -0.4 is 5.32 Å². The van der Waals surface area contributed by atoms with Crippen LogP contribution in [-0.2, 0) is 14.3 Å². The van der Waals surface area contributed by atoms with Crippen molar-refractivity contribution in [3.05, 3.63) is 0 Å². The number of carbonyl (C=O) groups is 2. The van der Waals surface area contributed by atoms with Gasteiger partial charge in [-0.05, 0) is 12.8 Å². The molecule has 20 heavy (non-hydrogen) atoms. The first-order valence-electron chi connectivity index (χ1n) is 6.08. The Hall–Kier alpha value is -1.51. The van der Waals surface area contributed by atoms with E-state index in [-0.39, 0.29) is 18.6 Å². The molecule has 1 aliphatic heterocycles. The Bertz CT molecular complexity index is 341. The molecule has 9 heteroatoms. The fraction of sp³-hybridized carbons (Fsp3) is 0.818. The van der Waals surface area contributed by atoms with Gasteiger partial charge in [0.1, 0.15) is 6.61 Å². The molecule has 0 spiro atoms. The van der Waals surface area contributed by atoms with E-state index in [1.54, 1.807) is 4.90 Å². The summed E-state index contributed by atoms with van der Waals surface area (Å²) in [6, 6.07) is -0.290. The highest BCUT2D eigenvalue weighted by Gasteiger charge is 2.30. The maximum Gasteiger partial charge on any atom is 0.422 e. The second-order valence-corrected chi connectivity index (χ2v) is 4.42. The van der Waals surface area contributed by atoms with E-state index in [4.69, 9.17) is 4.74 Å². The Balaban J connectivity index is 2.25. The highest BCUT2D eigenvalue weighted by molar-refractivity contribution is 5.77. The quantitative estimate of drug-likeness (QED) is 0.838. The summed E-state index contributed by atoms with van der Waals surface area (Å²) in [5, 5.41) is 2.35. The fourth-order valence-electron chi connectivity index (χ4n) is 1.84. The van der Waals surface area contributed by atoms with Gasteiger partial charge in [0.2, 0.25) is 5.91 Å². The molecule has 2 amide bonds. The van der Waals surface area contributed by atoms with E-state index in [0.29, 0.717) is 25.9 Å². The van der Waals surface area contributed by atoms with Crippen molar-refractivity contribution in [1.82, 2.24) is 10.2 Å². The molecular weight excluding hydrogens is 281 g/mol.